The summed E-state index contributed by atoms with van der Waals surface area (Å²) in [7, 11) is 0. The van der Waals surface area contributed by atoms with Crippen LogP contribution in [-0.2, 0) is 13.0 Å². The Morgan fingerprint density at radius 2 is 1.84 bits per heavy atom. The maximum absolute atomic E-state index is 12.2. The number of aromatic nitrogens is 3. The fraction of sp³-hybridized carbons (Fsp3) is 0.211. The van der Waals surface area contributed by atoms with Crippen molar-refractivity contribution in [1.82, 2.24) is 14.8 Å². The van der Waals surface area contributed by atoms with Crippen LogP contribution in [0.1, 0.15) is 29.0 Å². The summed E-state index contributed by atoms with van der Waals surface area (Å²) in [6.07, 6.45) is 3.28. The van der Waals surface area contributed by atoms with Crippen molar-refractivity contribution < 1.29 is 9.90 Å². The number of hydrogen-bond donors (Lipinski definition) is 2. The number of carbonyl (C=O) groups is 1. The number of phenolic OH excluding ortho intramolecular Hbond substituents is 1. The van der Waals surface area contributed by atoms with Crippen LogP contribution in [0.15, 0.2) is 48.5 Å². The molecular formula is C19H18N4O2. The number of rotatable bonds is 3. The van der Waals surface area contributed by atoms with E-state index in [1.165, 1.54) is 6.07 Å². The number of para-hydroxylation sites is 1. The molecule has 0 saturated heterocycles. The lowest BCUT2D eigenvalue weighted by Gasteiger charge is -2.14. The maximum atomic E-state index is 12.2. The first-order valence-electron chi connectivity index (χ1n) is 8.34. The van der Waals surface area contributed by atoms with Crippen LogP contribution in [0, 0.1) is 0 Å². The smallest absolute Gasteiger partial charge is 0.259 e. The fourth-order valence-corrected chi connectivity index (χ4v) is 3.09. The van der Waals surface area contributed by atoms with Gasteiger partial charge >= 0.3 is 0 Å². The summed E-state index contributed by atoms with van der Waals surface area (Å²) in [6.45, 7) is 0.948. The van der Waals surface area contributed by atoms with Crippen LogP contribution in [0.4, 0.5) is 5.69 Å². The van der Waals surface area contributed by atoms with Gasteiger partial charge in [-0.2, -0.15) is 0 Å². The van der Waals surface area contributed by atoms with Crippen molar-refractivity contribution in [1.29, 1.82) is 0 Å². The molecular weight excluding hydrogens is 316 g/mol. The summed E-state index contributed by atoms with van der Waals surface area (Å²) in [6, 6.07) is 14.0. The number of carbonyl (C=O) groups excluding carboxylic acids is 1. The van der Waals surface area contributed by atoms with Crippen LogP contribution in [0.25, 0.3) is 11.4 Å². The predicted octanol–water partition coefficient (Wildman–Crippen LogP) is 3.24. The maximum Gasteiger partial charge on any atom is 0.259 e. The van der Waals surface area contributed by atoms with Crippen LogP contribution in [0.3, 0.4) is 0 Å². The molecule has 1 amide bonds. The molecule has 2 heterocycles. The Morgan fingerprint density at radius 1 is 1.04 bits per heavy atom. The highest BCUT2D eigenvalue weighted by molar-refractivity contribution is 6.06. The van der Waals surface area contributed by atoms with Gasteiger partial charge < -0.3 is 15.0 Å². The Labute approximate surface area is 145 Å². The van der Waals surface area contributed by atoms with Crippen LogP contribution in [0.5, 0.6) is 5.75 Å². The SMILES string of the molecule is O=C(Nc1ccc(-c2nnc3n2CCCC3)cc1)c1ccccc1O. The third kappa shape index (κ3) is 2.98. The summed E-state index contributed by atoms with van der Waals surface area (Å²) in [5.74, 6) is 1.53. The molecule has 2 aromatic carbocycles. The molecule has 1 aliphatic heterocycles. The molecule has 6 nitrogen and oxygen atoms in total. The molecule has 1 aliphatic rings. The van der Waals surface area contributed by atoms with E-state index in [-0.39, 0.29) is 17.2 Å². The number of aryl methyl sites for hydroxylation is 1. The van der Waals surface area contributed by atoms with E-state index >= 15 is 0 Å². The largest absolute Gasteiger partial charge is 0.507 e. The van der Waals surface area contributed by atoms with E-state index in [4.69, 9.17) is 0 Å². The molecule has 0 unspecified atom stereocenters. The average molecular weight is 334 g/mol. The Morgan fingerprint density at radius 3 is 2.64 bits per heavy atom. The lowest BCUT2D eigenvalue weighted by atomic mass is 10.1. The van der Waals surface area contributed by atoms with Crippen molar-refractivity contribution in [2.24, 2.45) is 0 Å². The van der Waals surface area contributed by atoms with Crippen molar-refractivity contribution in [3.05, 3.63) is 59.9 Å². The van der Waals surface area contributed by atoms with Gasteiger partial charge in [-0.3, -0.25) is 4.79 Å². The van der Waals surface area contributed by atoms with Crippen molar-refractivity contribution in [2.45, 2.75) is 25.8 Å². The van der Waals surface area contributed by atoms with Gasteiger partial charge in [0.05, 0.1) is 5.56 Å². The molecule has 25 heavy (non-hydrogen) atoms. The van der Waals surface area contributed by atoms with E-state index < -0.39 is 0 Å². The molecule has 0 atom stereocenters. The summed E-state index contributed by atoms with van der Waals surface area (Å²) in [5, 5.41) is 21.1. The van der Waals surface area contributed by atoms with Gasteiger partial charge in [0.2, 0.25) is 0 Å². The number of hydrogen-bond acceptors (Lipinski definition) is 4. The number of nitrogens with one attached hydrogen (secondary N) is 1. The van der Waals surface area contributed by atoms with Gasteiger partial charge in [-0.25, -0.2) is 0 Å². The molecule has 6 heteroatoms. The molecule has 1 aromatic heterocycles. The van der Waals surface area contributed by atoms with Gasteiger partial charge in [-0.05, 0) is 49.2 Å². The van der Waals surface area contributed by atoms with Crippen molar-refractivity contribution >= 4 is 11.6 Å². The summed E-state index contributed by atoms with van der Waals surface area (Å²) >= 11 is 0. The first kappa shape index (κ1) is 15.4. The number of aromatic hydroxyl groups is 1. The van der Waals surface area contributed by atoms with E-state index in [1.807, 2.05) is 24.3 Å². The van der Waals surface area contributed by atoms with Gasteiger partial charge in [0.15, 0.2) is 5.82 Å². The number of amides is 1. The Hall–Kier alpha value is -3.15. The van der Waals surface area contributed by atoms with Crippen molar-refractivity contribution in [3.63, 3.8) is 0 Å². The van der Waals surface area contributed by atoms with Gasteiger partial charge in [-0.15, -0.1) is 10.2 Å². The lowest BCUT2D eigenvalue weighted by Crippen LogP contribution is -2.12. The minimum absolute atomic E-state index is 0.0355. The highest BCUT2D eigenvalue weighted by atomic mass is 16.3. The Kier molecular flexibility index (Phi) is 3.93. The Bertz CT molecular complexity index is 915. The summed E-state index contributed by atoms with van der Waals surface area (Å²) in [5.41, 5.74) is 1.88. The molecule has 0 fully saturated rings. The fourth-order valence-electron chi connectivity index (χ4n) is 3.09. The molecule has 0 bridgehead atoms. The van der Waals surface area contributed by atoms with Gasteiger partial charge in [0, 0.05) is 24.2 Å². The normalized spacial score (nSPS) is 13.3. The van der Waals surface area contributed by atoms with Crippen LogP contribution in [-0.4, -0.2) is 25.8 Å². The monoisotopic (exact) mass is 334 g/mol. The minimum Gasteiger partial charge on any atom is -0.507 e. The molecule has 0 spiro atoms. The van der Waals surface area contributed by atoms with Crippen LogP contribution < -0.4 is 5.32 Å². The zero-order valence-electron chi connectivity index (χ0n) is 13.6. The number of benzene rings is 2. The molecule has 126 valence electrons. The van der Waals surface area contributed by atoms with Crippen LogP contribution in [0.2, 0.25) is 0 Å². The van der Waals surface area contributed by atoms with E-state index in [2.05, 4.69) is 20.1 Å². The zero-order valence-corrected chi connectivity index (χ0v) is 13.6. The van der Waals surface area contributed by atoms with Gasteiger partial charge in [0.1, 0.15) is 11.6 Å². The van der Waals surface area contributed by atoms with E-state index in [0.29, 0.717) is 5.69 Å². The average Bonchev–Trinajstić information content (AvgIpc) is 3.07. The quantitative estimate of drug-likeness (QED) is 0.770. The van der Waals surface area contributed by atoms with Gasteiger partial charge in [0.25, 0.3) is 5.91 Å². The summed E-state index contributed by atoms with van der Waals surface area (Å²) in [4.78, 5) is 12.2. The van der Waals surface area contributed by atoms with Crippen molar-refractivity contribution in [3.8, 4) is 17.1 Å². The second kappa shape index (κ2) is 6.39. The van der Waals surface area contributed by atoms with E-state index in [0.717, 1.165) is 43.0 Å². The first-order chi connectivity index (χ1) is 12.2. The standard InChI is InChI=1S/C19H18N4O2/c24-16-6-2-1-5-15(16)19(25)20-14-10-8-13(9-11-14)18-22-21-17-7-3-4-12-23(17)18/h1-2,5-6,8-11,24H,3-4,7,12H2,(H,20,25). The minimum atomic E-state index is -0.342. The number of fused-ring (bicyclic) bond motifs is 1. The van der Waals surface area contributed by atoms with E-state index in [9.17, 15) is 9.90 Å². The second-order valence-electron chi connectivity index (χ2n) is 6.10. The first-order valence-corrected chi connectivity index (χ1v) is 8.34. The lowest BCUT2D eigenvalue weighted by molar-refractivity contribution is 0.102. The topological polar surface area (TPSA) is 80.0 Å². The molecule has 3 aromatic rings. The molecule has 0 saturated carbocycles. The zero-order chi connectivity index (χ0) is 17.2. The molecule has 2 N–H and O–H groups in total. The third-order valence-electron chi connectivity index (χ3n) is 4.41. The highest BCUT2D eigenvalue weighted by Crippen LogP contribution is 2.25. The van der Waals surface area contributed by atoms with E-state index in [1.54, 1.807) is 18.2 Å². The molecule has 0 radical (unpaired) electrons. The molecule has 0 aliphatic carbocycles. The molecule has 4 rings (SSSR count). The number of nitrogens with zero attached hydrogens (tertiary/aromatic N) is 3. The predicted molar refractivity (Wildman–Crippen MR) is 94.5 cm³/mol. The highest BCUT2D eigenvalue weighted by Gasteiger charge is 2.17. The number of phenols is 1. The number of anilines is 1. The summed E-state index contributed by atoms with van der Waals surface area (Å²) < 4.78 is 2.17. The Balaban J connectivity index is 1.54. The third-order valence-corrected chi connectivity index (χ3v) is 4.41. The van der Waals surface area contributed by atoms with Crippen molar-refractivity contribution in [2.75, 3.05) is 5.32 Å². The second-order valence-corrected chi connectivity index (χ2v) is 6.10. The van der Waals surface area contributed by atoms with Crippen LogP contribution >= 0.6 is 0 Å². The van der Waals surface area contributed by atoms with Gasteiger partial charge in [-0.1, -0.05) is 12.1 Å².